The van der Waals surface area contributed by atoms with Crippen LogP contribution in [-0.4, -0.2) is 32.0 Å². The number of anilines is 1. The van der Waals surface area contributed by atoms with E-state index in [4.69, 9.17) is 4.74 Å². The number of hydrogen-bond acceptors (Lipinski definition) is 3. The second-order valence-corrected chi connectivity index (χ2v) is 13.2. The molecule has 0 unspecified atom stereocenters. The molecular formula is C30H39Br2NO3. The number of methoxy groups -OCH3 is 1. The van der Waals surface area contributed by atoms with Crippen molar-refractivity contribution >= 4 is 49.2 Å². The van der Waals surface area contributed by atoms with E-state index in [0.717, 1.165) is 40.6 Å². The molecule has 0 bridgehead atoms. The quantitative estimate of drug-likeness (QED) is 0.321. The van der Waals surface area contributed by atoms with E-state index in [2.05, 4.69) is 97.7 Å². The van der Waals surface area contributed by atoms with Crippen LogP contribution in [0.5, 0.6) is 0 Å². The Balaban J connectivity index is 0.000000212. The minimum absolute atomic E-state index is 0.00384. The van der Waals surface area contributed by atoms with Crippen LogP contribution in [0.4, 0.5) is 5.69 Å². The van der Waals surface area contributed by atoms with E-state index in [1.165, 1.54) is 27.8 Å². The van der Waals surface area contributed by atoms with Gasteiger partial charge in [0.15, 0.2) is 0 Å². The Labute approximate surface area is 233 Å². The molecule has 0 N–H and O–H groups in total. The molecule has 6 heteroatoms. The molecule has 0 fully saturated rings. The topological polar surface area (TPSA) is 46.6 Å². The number of fused-ring (bicyclic) bond motifs is 2. The van der Waals surface area contributed by atoms with Crippen LogP contribution in [0.2, 0.25) is 0 Å². The maximum atomic E-state index is 12.5. The summed E-state index contributed by atoms with van der Waals surface area (Å²) in [5.41, 5.74) is 7.22. The van der Waals surface area contributed by atoms with Crippen molar-refractivity contribution in [3.8, 4) is 0 Å². The molecule has 0 saturated heterocycles. The number of nitrogens with zero attached hydrogens (tertiary/aromatic N) is 1. The first kappa shape index (κ1) is 29.1. The molecule has 2 aliphatic rings. The molecule has 4 nitrogen and oxygen atoms in total. The van der Waals surface area contributed by atoms with Gasteiger partial charge < -0.3 is 9.64 Å². The summed E-state index contributed by atoms with van der Waals surface area (Å²) in [6.45, 7) is 14.3. The van der Waals surface area contributed by atoms with Crippen LogP contribution < -0.4 is 4.90 Å². The first-order valence-corrected chi connectivity index (χ1v) is 14.3. The normalized spacial score (nSPS) is 17.8. The molecule has 1 heterocycles. The Morgan fingerprint density at radius 2 is 1.44 bits per heavy atom. The Morgan fingerprint density at radius 3 is 2.08 bits per heavy atom. The van der Waals surface area contributed by atoms with Crippen LogP contribution in [0.25, 0.3) is 0 Å². The standard InChI is InChI=1S/C17H24BrNO2.C13H15BrO/c1-12-9-13-15(10-14(12)18)19(7-5-6-8-21-4)16(20)11-17(13,2)3;1-8-4-11-9(6-12(8)14)5-10(15)7-13(11,2)3/h9-10H,5-8,11H2,1-4H3;4,6H,5,7H2,1-3H3. The predicted octanol–water partition coefficient (Wildman–Crippen LogP) is 7.75. The third kappa shape index (κ3) is 6.49. The lowest BCUT2D eigenvalue weighted by Gasteiger charge is -2.39. The minimum Gasteiger partial charge on any atom is -0.385 e. The maximum Gasteiger partial charge on any atom is 0.227 e. The fourth-order valence-electron chi connectivity index (χ4n) is 5.26. The molecule has 36 heavy (non-hydrogen) atoms. The van der Waals surface area contributed by atoms with Crippen molar-refractivity contribution in [3.63, 3.8) is 0 Å². The number of amides is 1. The van der Waals surface area contributed by atoms with Gasteiger partial charge in [0.2, 0.25) is 5.91 Å². The average molecular weight is 621 g/mol. The van der Waals surface area contributed by atoms with Crippen LogP contribution in [0.3, 0.4) is 0 Å². The number of Topliss-reactive ketones (excluding diaryl/α,β-unsaturated/α-hetero) is 1. The largest absolute Gasteiger partial charge is 0.385 e. The second kappa shape index (κ2) is 11.5. The van der Waals surface area contributed by atoms with Gasteiger partial charge in [-0.05, 0) is 72.1 Å². The number of carbonyl (C=O) groups is 2. The van der Waals surface area contributed by atoms with Gasteiger partial charge in [-0.1, -0.05) is 71.7 Å². The van der Waals surface area contributed by atoms with Crippen molar-refractivity contribution in [2.45, 2.75) is 84.5 Å². The summed E-state index contributed by atoms with van der Waals surface area (Å²) in [7, 11) is 1.71. The number of hydrogen-bond donors (Lipinski definition) is 0. The molecule has 2 aromatic rings. The zero-order valence-corrected chi connectivity index (χ0v) is 25.9. The van der Waals surface area contributed by atoms with E-state index in [1.54, 1.807) is 7.11 Å². The second-order valence-electron chi connectivity index (χ2n) is 11.5. The lowest BCUT2D eigenvalue weighted by Crippen LogP contribution is -2.42. The summed E-state index contributed by atoms with van der Waals surface area (Å²) < 4.78 is 7.25. The van der Waals surface area contributed by atoms with Crippen molar-refractivity contribution < 1.29 is 14.3 Å². The zero-order valence-electron chi connectivity index (χ0n) is 22.7. The van der Waals surface area contributed by atoms with Crippen LogP contribution in [0.1, 0.15) is 81.2 Å². The molecule has 0 spiro atoms. The summed E-state index contributed by atoms with van der Waals surface area (Å²) in [5.74, 6) is 0.573. The van der Waals surface area contributed by atoms with Crippen molar-refractivity contribution in [3.05, 3.63) is 61.0 Å². The number of benzene rings is 2. The molecule has 0 atom stereocenters. The molecule has 0 saturated carbocycles. The van der Waals surface area contributed by atoms with Gasteiger partial charge in [-0.25, -0.2) is 0 Å². The summed E-state index contributed by atoms with van der Waals surface area (Å²) in [4.78, 5) is 26.1. The first-order chi connectivity index (χ1) is 16.8. The molecule has 1 aliphatic carbocycles. The Morgan fingerprint density at radius 1 is 0.861 bits per heavy atom. The van der Waals surface area contributed by atoms with Gasteiger partial charge >= 0.3 is 0 Å². The SMILES string of the molecule is COCCCCN1C(=O)CC(C)(C)c2cc(C)c(Br)cc21.Cc1cc2c(cc1Br)CC(=O)CC2(C)C. The van der Waals surface area contributed by atoms with Gasteiger partial charge in [-0.15, -0.1) is 0 Å². The highest BCUT2D eigenvalue weighted by Crippen LogP contribution is 2.42. The van der Waals surface area contributed by atoms with Gasteiger partial charge in [0.1, 0.15) is 5.78 Å². The van der Waals surface area contributed by atoms with E-state index >= 15 is 0 Å². The molecular weight excluding hydrogens is 582 g/mol. The molecule has 1 amide bonds. The average Bonchev–Trinajstić information content (AvgIpc) is 2.76. The predicted molar refractivity (Wildman–Crippen MR) is 155 cm³/mol. The highest BCUT2D eigenvalue weighted by Gasteiger charge is 2.37. The lowest BCUT2D eigenvalue weighted by atomic mass is 9.72. The highest BCUT2D eigenvalue weighted by atomic mass is 79.9. The summed E-state index contributed by atoms with van der Waals surface area (Å²) in [6.07, 6.45) is 3.78. The fraction of sp³-hybridized carbons (Fsp3) is 0.533. The number of ketones is 1. The Hall–Kier alpha value is -1.50. The van der Waals surface area contributed by atoms with Crippen LogP contribution >= 0.6 is 31.9 Å². The molecule has 4 rings (SSSR count). The minimum atomic E-state index is -0.0963. The van der Waals surface area contributed by atoms with Crippen LogP contribution in [0.15, 0.2) is 33.2 Å². The van der Waals surface area contributed by atoms with Crippen LogP contribution in [-0.2, 0) is 31.6 Å². The van der Waals surface area contributed by atoms with Gasteiger partial charge in [0.25, 0.3) is 0 Å². The number of halogens is 2. The van der Waals surface area contributed by atoms with Crippen molar-refractivity contribution in [2.24, 2.45) is 0 Å². The maximum absolute atomic E-state index is 12.5. The summed E-state index contributed by atoms with van der Waals surface area (Å²) >= 11 is 7.11. The van der Waals surface area contributed by atoms with E-state index < -0.39 is 0 Å². The molecule has 1 aliphatic heterocycles. The van der Waals surface area contributed by atoms with Gasteiger partial charge in [-0.3, -0.25) is 9.59 Å². The van der Waals surface area contributed by atoms with Crippen LogP contribution in [0, 0.1) is 13.8 Å². The summed E-state index contributed by atoms with van der Waals surface area (Å²) in [6, 6.07) is 8.63. The molecule has 196 valence electrons. The van der Waals surface area contributed by atoms with Gasteiger partial charge in [-0.2, -0.15) is 0 Å². The number of unbranched alkanes of at least 4 members (excludes halogenated alkanes) is 1. The number of rotatable bonds is 5. The number of aryl methyl sites for hydroxylation is 2. The van der Waals surface area contributed by atoms with Crippen molar-refractivity contribution in [2.75, 3.05) is 25.2 Å². The molecule has 0 aromatic heterocycles. The third-order valence-corrected chi connectivity index (χ3v) is 9.02. The molecule has 0 radical (unpaired) electrons. The fourth-order valence-corrected chi connectivity index (χ4v) is 5.99. The van der Waals surface area contributed by atoms with Crippen molar-refractivity contribution in [1.82, 2.24) is 0 Å². The number of carbonyl (C=O) groups excluding carboxylic acids is 2. The van der Waals surface area contributed by atoms with E-state index in [9.17, 15) is 9.59 Å². The Kier molecular flexibility index (Phi) is 9.27. The smallest absolute Gasteiger partial charge is 0.227 e. The first-order valence-electron chi connectivity index (χ1n) is 12.7. The Bertz CT molecular complexity index is 1150. The van der Waals surface area contributed by atoms with Crippen molar-refractivity contribution in [1.29, 1.82) is 0 Å². The third-order valence-electron chi connectivity index (χ3n) is 7.31. The van der Waals surface area contributed by atoms with E-state index in [1.807, 2.05) is 4.90 Å². The monoisotopic (exact) mass is 619 g/mol. The lowest BCUT2D eigenvalue weighted by molar-refractivity contribution is -0.120. The number of ether oxygens (including phenoxy) is 1. The summed E-state index contributed by atoms with van der Waals surface area (Å²) in [5, 5.41) is 0. The highest BCUT2D eigenvalue weighted by molar-refractivity contribution is 9.10. The van der Waals surface area contributed by atoms with Gasteiger partial charge in [0, 0.05) is 59.6 Å². The van der Waals surface area contributed by atoms with Gasteiger partial charge in [0.05, 0.1) is 0 Å². The zero-order chi connectivity index (χ0) is 26.8. The molecule has 2 aromatic carbocycles. The van der Waals surface area contributed by atoms with E-state index in [-0.39, 0.29) is 16.7 Å². The van der Waals surface area contributed by atoms with E-state index in [0.29, 0.717) is 25.0 Å².